The van der Waals surface area contributed by atoms with Gasteiger partial charge in [-0.2, -0.15) is 0 Å². The number of esters is 2. The third-order valence-corrected chi connectivity index (χ3v) is 9.60. The summed E-state index contributed by atoms with van der Waals surface area (Å²) in [6.07, 6.45) is 40.4. The molecule has 2 atom stereocenters. The molecule has 0 aliphatic heterocycles. The van der Waals surface area contributed by atoms with Gasteiger partial charge >= 0.3 is 17.9 Å². The van der Waals surface area contributed by atoms with E-state index in [0.29, 0.717) is 19.3 Å². The molecule has 0 aliphatic carbocycles. The Bertz CT molecular complexity index is 968. The highest BCUT2D eigenvalue weighted by atomic mass is 16.6. The summed E-state index contributed by atoms with van der Waals surface area (Å²) in [5.41, 5.74) is 0. The van der Waals surface area contributed by atoms with E-state index in [1.54, 1.807) is 0 Å². The molecule has 8 nitrogen and oxygen atoms in total. The van der Waals surface area contributed by atoms with Gasteiger partial charge in [0, 0.05) is 19.3 Å². The van der Waals surface area contributed by atoms with Gasteiger partial charge in [-0.1, -0.05) is 159 Å². The Morgan fingerprint density at radius 3 is 1.45 bits per heavy atom. The van der Waals surface area contributed by atoms with E-state index in [9.17, 15) is 19.5 Å². The number of nitrogens with zero attached hydrogens (tertiary/aromatic N) is 1. The number of rotatable bonds is 38. The normalized spacial score (nSPS) is 13.3. The van der Waals surface area contributed by atoms with Crippen LogP contribution in [0.1, 0.15) is 181 Å². The predicted molar refractivity (Wildman–Crippen MR) is 220 cm³/mol. The summed E-state index contributed by atoms with van der Waals surface area (Å²) >= 11 is 0. The summed E-state index contributed by atoms with van der Waals surface area (Å²) in [4.78, 5) is 36.9. The lowest BCUT2D eigenvalue weighted by Gasteiger charge is -2.31. The van der Waals surface area contributed by atoms with E-state index in [-0.39, 0.29) is 36.2 Å². The average Bonchev–Trinajstić information content (AvgIpc) is 3.11. The van der Waals surface area contributed by atoms with Crippen molar-refractivity contribution < 1.29 is 38.2 Å². The Hall–Kier alpha value is -2.45. The zero-order valence-corrected chi connectivity index (χ0v) is 35.0. The summed E-state index contributed by atoms with van der Waals surface area (Å²) in [6.45, 7) is 4.69. The van der Waals surface area contributed by atoms with Gasteiger partial charge in [0.25, 0.3) is 0 Å². The lowest BCUT2D eigenvalue weighted by molar-refractivity contribution is -0.887. The fourth-order valence-corrected chi connectivity index (χ4v) is 6.21. The first kappa shape index (κ1) is 50.5. The first-order valence-electron chi connectivity index (χ1n) is 21.6. The minimum absolute atomic E-state index is 0.0546. The molecule has 0 radical (unpaired) electrons. The number of allylic oxidation sites excluding steroid dienone is 6. The van der Waals surface area contributed by atoms with Crippen LogP contribution in [0.4, 0.5) is 0 Å². The quantitative estimate of drug-likeness (QED) is 0.0290. The molecule has 0 aromatic carbocycles. The number of hydrogen-bond donors (Lipinski definition) is 1. The van der Waals surface area contributed by atoms with Crippen LogP contribution in [0, 0.1) is 0 Å². The van der Waals surface area contributed by atoms with Gasteiger partial charge in [0.05, 0.1) is 34.4 Å². The van der Waals surface area contributed by atoms with Gasteiger partial charge in [-0.25, -0.2) is 4.79 Å². The van der Waals surface area contributed by atoms with E-state index in [2.05, 4.69) is 50.3 Å². The van der Waals surface area contributed by atoms with E-state index >= 15 is 0 Å². The van der Waals surface area contributed by atoms with Crippen LogP contribution in [0.3, 0.4) is 0 Å². The second-order valence-corrected chi connectivity index (χ2v) is 15.7. The number of ether oxygens (including phenoxy) is 3. The van der Waals surface area contributed by atoms with Crippen molar-refractivity contribution in [2.24, 2.45) is 0 Å². The van der Waals surface area contributed by atoms with E-state index in [1.165, 1.54) is 83.5 Å². The van der Waals surface area contributed by atoms with Crippen LogP contribution in [0.2, 0.25) is 0 Å². The highest BCUT2D eigenvalue weighted by Gasteiger charge is 2.31. The average molecular weight is 749 g/mol. The molecule has 308 valence electrons. The minimum atomic E-state index is -0.879. The van der Waals surface area contributed by atoms with Crippen LogP contribution >= 0.6 is 0 Å². The number of hydrogen-bond acceptors (Lipinski definition) is 6. The number of unbranched alkanes of at least 4 members (excludes halogenated alkanes) is 20. The molecular formula is C45H82NO7+. The molecule has 8 heteroatoms. The number of quaternary nitrogens is 1. The summed E-state index contributed by atoms with van der Waals surface area (Å²) in [7, 11) is 5.51. The van der Waals surface area contributed by atoms with E-state index in [1.807, 2.05) is 21.1 Å². The van der Waals surface area contributed by atoms with Crippen molar-refractivity contribution in [1.82, 2.24) is 0 Å². The molecule has 0 bridgehead atoms. The Balaban J connectivity index is 4.39. The molecule has 1 N–H and O–H groups in total. The van der Waals surface area contributed by atoms with E-state index in [4.69, 9.17) is 14.2 Å². The lowest BCUT2D eigenvalue weighted by Crippen LogP contribution is -2.50. The van der Waals surface area contributed by atoms with Gasteiger partial charge in [-0.15, -0.1) is 0 Å². The minimum Gasteiger partial charge on any atom is -0.477 e. The number of carbonyl (C=O) groups excluding carboxylic acids is 2. The van der Waals surface area contributed by atoms with Crippen LogP contribution < -0.4 is 0 Å². The third kappa shape index (κ3) is 35.0. The van der Waals surface area contributed by atoms with Crippen molar-refractivity contribution in [1.29, 1.82) is 0 Å². The standard InChI is InChI=1S/C45H81NO7/c1-6-8-10-12-14-16-18-19-20-21-22-23-24-26-28-30-32-34-36-44(48)53-41(39-51-38-37-42(45(49)50)46(3,4)5)40-52-43(47)35-33-31-29-27-25-17-15-13-11-9-7-2/h18-23,41-42H,6-17,24-40H2,1-5H3/p+1/b19-18+,21-20+,23-22+. The molecule has 0 saturated carbocycles. The Labute approximate surface area is 325 Å². The Kier molecular flexibility index (Phi) is 34.8. The molecule has 0 saturated heterocycles. The summed E-state index contributed by atoms with van der Waals surface area (Å²) in [6, 6.07) is -0.616. The maximum atomic E-state index is 12.7. The van der Waals surface area contributed by atoms with Crippen LogP contribution in [0.15, 0.2) is 36.5 Å². The summed E-state index contributed by atoms with van der Waals surface area (Å²) in [5.74, 6) is -1.49. The zero-order valence-electron chi connectivity index (χ0n) is 35.0. The van der Waals surface area contributed by atoms with Gasteiger partial charge in [-0.05, 0) is 38.5 Å². The largest absolute Gasteiger partial charge is 0.477 e. The van der Waals surface area contributed by atoms with E-state index in [0.717, 1.165) is 64.2 Å². The molecule has 0 aliphatic rings. The third-order valence-electron chi connectivity index (χ3n) is 9.60. The predicted octanol–water partition coefficient (Wildman–Crippen LogP) is 11.5. The fourth-order valence-electron chi connectivity index (χ4n) is 6.21. The van der Waals surface area contributed by atoms with Gasteiger partial charge in [0.2, 0.25) is 0 Å². The number of carbonyl (C=O) groups is 3. The summed E-state index contributed by atoms with van der Waals surface area (Å²) < 4.78 is 17.2. The molecular weight excluding hydrogens is 666 g/mol. The number of carboxylic acids is 1. The molecule has 0 aromatic heterocycles. The monoisotopic (exact) mass is 749 g/mol. The molecule has 0 heterocycles. The Morgan fingerprint density at radius 1 is 0.566 bits per heavy atom. The molecule has 0 amide bonds. The smallest absolute Gasteiger partial charge is 0.362 e. The van der Waals surface area contributed by atoms with Crippen LogP contribution in [0.5, 0.6) is 0 Å². The molecule has 0 aromatic rings. The van der Waals surface area contributed by atoms with Gasteiger partial charge < -0.3 is 23.8 Å². The maximum Gasteiger partial charge on any atom is 0.362 e. The Morgan fingerprint density at radius 2 is 1.00 bits per heavy atom. The van der Waals surface area contributed by atoms with Crippen LogP contribution in [-0.4, -0.2) is 80.6 Å². The second kappa shape index (κ2) is 36.5. The molecule has 2 unspecified atom stereocenters. The SMILES string of the molecule is CCCCCCC/C=C/C=C/C=C/CCCCCCCC(=O)OC(COCCC(C(=O)O)[N+](C)(C)C)COC(=O)CCCCCCCCCCCCC. The van der Waals surface area contributed by atoms with Gasteiger partial charge in [0.15, 0.2) is 12.1 Å². The topological polar surface area (TPSA) is 99.1 Å². The van der Waals surface area contributed by atoms with Crippen molar-refractivity contribution in [3.05, 3.63) is 36.5 Å². The summed E-state index contributed by atoms with van der Waals surface area (Å²) in [5, 5.41) is 9.60. The highest BCUT2D eigenvalue weighted by molar-refractivity contribution is 5.72. The highest BCUT2D eigenvalue weighted by Crippen LogP contribution is 2.14. The van der Waals surface area contributed by atoms with Crippen molar-refractivity contribution in [3.8, 4) is 0 Å². The first-order chi connectivity index (χ1) is 25.6. The molecule has 0 spiro atoms. The number of aliphatic carboxylic acids is 1. The molecule has 0 fully saturated rings. The number of likely N-dealkylation sites (N-methyl/N-ethyl adjacent to an activating group) is 1. The van der Waals surface area contributed by atoms with Crippen molar-refractivity contribution >= 4 is 17.9 Å². The lowest BCUT2D eigenvalue weighted by atomic mass is 10.1. The number of carboxylic acid groups (broad SMARTS) is 1. The van der Waals surface area contributed by atoms with Crippen molar-refractivity contribution in [2.45, 2.75) is 193 Å². The van der Waals surface area contributed by atoms with Crippen LogP contribution in [0.25, 0.3) is 0 Å². The maximum absolute atomic E-state index is 12.7. The van der Waals surface area contributed by atoms with Gasteiger partial charge in [0.1, 0.15) is 6.61 Å². The van der Waals surface area contributed by atoms with E-state index < -0.39 is 18.1 Å². The fraction of sp³-hybridized carbons (Fsp3) is 0.800. The van der Waals surface area contributed by atoms with Gasteiger partial charge in [-0.3, -0.25) is 9.59 Å². The molecule has 53 heavy (non-hydrogen) atoms. The second-order valence-electron chi connectivity index (χ2n) is 15.7. The first-order valence-corrected chi connectivity index (χ1v) is 21.6. The zero-order chi connectivity index (χ0) is 39.3. The van der Waals surface area contributed by atoms with Crippen LogP contribution in [-0.2, 0) is 28.6 Å². The van der Waals surface area contributed by atoms with Crippen molar-refractivity contribution in [3.63, 3.8) is 0 Å². The molecule has 0 rings (SSSR count). The van der Waals surface area contributed by atoms with Crippen molar-refractivity contribution in [2.75, 3.05) is 41.0 Å².